The van der Waals surface area contributed by atoms with Gasteiger partial charge in [0.05, 0.1) is 0 Å². The molecule has 1 rings (SSSR count). The van der Waals surface area contributed by atoms with E-state index in [4.69, 9.17) is 0 Å². The van der Waals surface area contributed by atoms with Gasteiger partial charge in [0.15, 0.2) is 0 Å². The molecule has 7 heteroatoms. The summed E-state index contributed by atoms with van der Waals surface area (Å²) in [7, 11) is 0. The lowest BCUT2D eigenvalue weighted by molar-refractivity contribution is -0.186. The van der Waals surface area contributed by atoms with Crippen LogP contribution in [0.25, 0.3) is 0 Å². The van der Waals surface area contributed by atoms with Gasteiger partial charge in [-0.1, -0.05) is 19.9 Å². The molecule has 2 amide bonds. The van der Waals surface area contributed by atoms with Crippen molar-refractivity contribution in [2.45, 2.75) is 32.9 Å². The Bertz CT molecular complexity index is 398. The number of alkyl halides is 3. The van der Waals surface area contributed by atoms with E-state index in [1.54, 1.807) is 6.08 Å². The number of nitrogens with zero attached hydrogens (tertiary/aromatic N) is 1. The highest BCUT2D eigenvalue weighted by Crippen LogP contribution is 2.23. The first-order valence-electron chi connectivity index (χ1n) is 7.02. The van der Waals surface area contributed by atoms with Gasteiger partial charge >= 0.3 is 12.1 Å². The molecule has 1 aliphatic rings. The van der Waals surface area contributed by atoms with Crippen molar-refractivity contribution in [2.75, 3.05) is 19.6 Å². The molecule has 0 saturated carbocycles. The number of allylic oxidation sites excluding steroid dienone is 1. The number of nitrogens with one attached hydrogen (secondary N) is 1. The van der Waals surface area contributed by atoms with Crippen LogP contribution < -0.4 is 5.32 Å². The lowest BCUT2D eigenvalue weighted by Crippen LogP contribution is -2.46. The lowest BCUT2D eigenvalue weighted by atomic mass is 9.96. The molecular formula is C14H21F3N2O2. The average Bonchev–Trinajstić information content (AvgIpc) is 2.41. The van der Waals surface area contributed by atoms with Gasteiger partial charge in [-0.15, -0.1) is 0 Å². The van der Waals surface area contributed by atoms with Crippen LogP contribution >= 0.6 is 0 Å². The summed E-state index contributed by atoms with van der Waals surface area (Å²) in [4.78, 5) is 23.4. The molecular weight excluding hydrogens is 285 g/mol. The Morgan fingerprint density at radius 3 is 2.33 bits per heavy atom. The van der Waals surface area contributed by atoms with E-state index in [-0.39, 0.29) is 30.8 Å². The summed E-state index contributed by atoms with van der Waals surface area (Å²) >= 11 is 0. The number of likely N-dealkylation sites (tertiary alicyclic amines) is 1. The Kier molecular flexibility index (Phi) is 6.23. The maximum absolute atomic E-state index is 12.3. The second-order valence-corrected chi connectivity index (χ2v) is 5.58. The maximum Gasteiger partial charge on any atom is 0.471 e. The molecule has 0 aromatic heterocycles. The minimum Gasteiger partial charge on any atom is -0.352 e. The molecule has 0 bridgehead atoms. The van der Waals surface area contributed by atoms with Gasteiger partial charge in [-0.05, 0) is 30.8 Å². The average molecular weight is 306 g/mol. The van der Waals surface area contributed by atoms with E-state index < -0.39 is 12.1 Å². The number of hydrogen-bond donors (Lipinski definition) is 1. The Balaban J connectivity index is 2.31. The largest absolute Gasteiger partial charge is 0.471 e. The molecule has 1 aliphatic heterocycles. The Morgan fingerprint density at radius 2 is 1.86 bits per heavy atom. The van der Waals surface area contributed by atoms with E-state index >= 15 is 0 Å². The van der Waals surface area contributed by atoms with Gasteiger partial charge in [-0.25, -0.2) is 0 Å². The molecule has 1 heterocycles. The Morgan fingerprint density at radius 1 is 1.29 bits per heavy atom. The highest BCUT2D eigenvalue weighted by Gasteiger charge is 2.43. The van der Waals surface area contributed by atoms with Crippen molar-refractivity contribution < 1.29 is 22.8 Å². The molecule has 1 saturated heterocycles. The van der Waals surface area contributed by atoms with Gasteiger partial charge in [0.2, 0.25) is 5.91 Å². The molecule has 120 valence electrons. The fourth-order valence-electron chi connectivity index (χ4n) is 2.10. The fourth-order valence-corrected chi connectivity index (χ4v) is 2.10. The van der Waals surface area contributed by atoms with Gasteiger partial charge in [0.25, 0.3) is 0 Å². The first-order valence-corrected chi connectivity index (χ1v) is 7.02. The monoisotopic (exact) mass is 306 g/mol. The molecule has 4 nitrogen and oxygen atoms in total. The third-order valence-electron chi connectivity index (χ3n) is 3.34. The Labute approximate surface area is 122 Å². The number of piperidine rings is 1. The molecule has 21 heavy (non-hydrogen) atoms. The highest BCUT2D eigenvalue weighted by molar-refractivity contribution is 5.87. The molecule has 0 unspecified atom stereocenters. The van der Waals surface area contributed by atoms with Crippen molar-refractivity contribution in [3.05, 3.63) is 12.2 Å². The molecule has 1 fully saturated rings. The van der Waals surface area contributed by atoms with Crippen LogP contribution in [0.1, 0.15) is 26.7 Å². The number of hydrogen-bond acceptors (Lipinski definition) is 2. The van der Waals surface area contributed by atoms with Gasteiger partial charge in [0, 0.05) is 19.6 Å². The minimum absolute atomic E-state index is 0.0840. The zero-order valence-corrected chi connectivity index (χ0v) is 12.2. The number of carbonyl (C=O) groups excluding carboxylic acids is 2. The first kappa shape index (κ1) is 17.5. The summed E-state index contributed by atoms with van der Waals surface area (Å²) in [6.07, 6.45) is -0.623. The van der Waals surface area contributed by atoms with Crippen molar-refractivity contribution in [2.24, 2.45) is 11.8 Å². The van der Waals surface area contributed by atoms with E-state index in [0.29, 0.717) is 19.4 Å². The smallest absolute Gasteiger partial charge is 0.352 e. The quantitative estimate of drug-likeness (QED) is 0.809. The van der Waals surface area contributed by atoms with Crippen molar-refractivity contribution in [3.8, 4) is 0 Å². The van der Waals surface area contributed by atoms with Crippen molar-refractivity contribution in [3.63, 3.8) is 0 Å². The minimum atomic E-state index is -4.80. The van der Waals surface area contributed by atoms with Gasteiger partial charge < -0.3 is 10.2 Å². The molecule has 0 aromatic carbocycles. The summed E-state index contributed by atoms with van der Waals surface area (Å²) in [6.45, 7) is 4.51. The SMILES string of the molecule is CC(C)/C=C/C(=O)NCC1CCN(C(=O)C(F)(F)F)CC1. The normalized spacial score (nSPS) is 17.5. The van der Waals surface area contributed by atoms with Crippen LogP contribution in [0.15, 0.2) is 12.2 Å². The number of rotatable bonds is 4. The van der Waals surface area contributed by atoms with E-state index in [0.717, 1.165) is 4.90 Å². The van der Waals surface area contributed by atoms with Crippen molar-refractivity contribution in [1.29, 1.82) is 0 Å². The standard InChI is InChI=1S/C14H21F3N2O2/c1-10(2)3-4-12(20)18-9-11-5-7-19(8-6-11)13(21)14(15,16)17/h3-4,10-11H,5-9H2,1-2H3,(H,18,20)/b4-3+. The van der Waals surface area contributed by atoms with Crippen LogP contribution in [0, 0.1) is 11.8 Å². The van der Waals surface area contributed by atoms with Gasteiger partial charge in [-0.3, -0.25) is 9.59 Å². The molecule has 0 atom stereocenters. The van der Waals surface area contributed by atoms with Crippen LogP contribution in [-0.2, 0) is 9.59 Å². The lowest BCUT2D eigenvalue weighted by Gasteiger charge is -2.32. The molecule has 0 aromatic rings. The van der Waals surface area contributed by atoms with Crippen LogP contribution in [0.5, 0.6) is 0 Å². The van der Waals surface area contributed by atoms with Crippen LogP contribution in [0.2, 0.25) is 0 Å². The summed E-state index contributed by atoms with van der Waals surface area (Å²) in [6, 6.07) is 0. The van der Waals surface area contributed by atoms with E-state index in [9.17, 15) is 22.8 Å². The number of carbonyl (C=O) groups is 2. The zero-order chi connectivity index (χ0) is 16.0. The number of halogens is 3. The van der Waals surface area contributed by atoms with E-state index in [1.807, 2.05) is 13.8 Å². The van der Waals surface area contributed by atoms with Crippen molar-refractivity contribution in [1.82, 2.24) is 10.2 Å². The summed E-state index contributed by atoms with van der Waals surface area (Å²) in [5.74, 6) is -1.58. The molecule has 0 spiro atoms. The summed E-state index contributed by atoms with van der Waals surface area (Å²) in [5, 5.41) is 2.73. The number of amides is 2. The third kappa shape index (κ3) is 6.18. The summed E-state index contributed by atoms with van der Waals surface area (Å²) in [5.41, 5.74) is 0. The van der Waals surface area contributed by atoms with Crippen LogP contribution in [0.4, 0.5) is 13.2 Å². The van der Waals surface area contributed by atoms with E-state index in [2.05, 4.69) is 5.32 Å². The van der Waals surface area contributed by atoms with Crippen molar-refractivity contribution >= 4 is 11.8 Å². The maximum atomic E-state index is 12.3. The molecule has 1 N–H and O–H groups in total. The molecule has 0 aliphatic carbocycles. The summed E-state index contributed by atoms with van der Waals surface area (Å²) < 4.78 is 36.8. The highest BCUT2D eigenvalue weighted by atomic mass is 19.4. The van der Waals surface area contributed by atoms with Gasteiger partial charge in [-0.2, -0.15) is 13.2 Å². The fraction of sp³-hybridized carbons (Fsp3) is 0.714. The third-order valence-corrected chi connectivity index (χ3v) is 3.34. The zero-order valence-electron chi connectivity index (χ0n) is 12.2. The van der Waals surface area contributed by atoms with Crippen LogP contribution in [-0.4, -0.2) is 42.5 Å². The first-order chi connectivity index (χ1) is 9.70. The van der Waals surface area contributed by atoms with Gasteiger partial charge in [0.1, 0.15) is 0 Å². The molecule has 0 radical (unpaired) electrons. The predicted octanol–water partition coefficient (Wildman–Crippen LogP) is 2.12. The second-order valence-electron chi connectivity index (χ2n) is 5.58. The topological polar surface area (TPSA) is 49.4 Å². The predicted molar refractivity (Wildman–Crippen MR) is 72.3 cm³/mol. The van der Waals surface area contributed by atoms with E-state index in [1.165, 1.54) is 6.08 Å². The second kappa shape index (κ2) is 7.47. The Hall–Kier alpha value is -1.53. The van der Waals surface area contributed by atoms with Crippen LogP contribution in [0.3, 0.4) is 0 Å².